The molecule has 0 spiro atoms. The van der Waals surface area contributed by atoms with Crippen molar-refractivity contribution in [3.05, 3.63) is 0 Å². The summed E-state index contributed by atoms with van der Waals surface area (Å²) in [6.45, 7) is 7.10. The minimum Gasteiger partial charge on any atom is -0.463 e. The highest BCUT2D eigenvalue weighted by molar-refractivity contribution is 5.68. The first-order chi connectivity index (χ1) is 18.1. The molecule has 0 saturated carbocycles. The van der Waals surface area contributed by atoms with Crippen molar-refractivity contribution in [3.8, 4) is 0 Å². The Morgan fingerprint density at radius 3 is 1.50 bits per heavy atom. The molecule has 0 N–H and O–H groups in total. The quantitative estimate of drug-likeness (QED) is 0.127. The van der Waals surface area contributed by atoms with Gasteiger partial charge in [-0.1, -0.05) is 77.6 Å². The van der Waals surface area contributed by atoms with Crippen molar-refractivity contribution in [1.82, 2.24) is 0 Å². The van der Waals surface area contributed by atoms with E-state index in [0.717, 1.165) is 19.3 Å². The smallest absolute Gasteiger partial charge is 0.303 e. The Hall–Kier alpha value is -2.20. The molecule has 0 aliphatic carbocycles. The van der Waals surface area contributed by atoms with E-state index in [4.69, 9.17) is 28.4 Å². The molecule has 1 heterocycles. The lowest BCUT2D eigenvalue weighted by molar-refractivity contribution is -0.308. The third-order valence-corrected chi connectivity index (χ3v) is 6.23. The van der Waals surface area contributed by atoms with Gasteiger partial charge < -0.3 is 28.4 Å². The van der Waals surface area contributed by atoms with Gasteiger partial charge >= 0.3 is 23.9 Å². The zero-order valence-corrected chi connectivity index (χ0v) is 23.9. The largest absolute Gasteiger partial charge is 0.463 e. The van der Waals surface area contributed by atoms with E-state index in [-0.39, 0.29) is 6.61 Å². The summed E-state index contributed by atoms with van der Waals surface area (Å²) in [6.07, 6.45) is 8.77. The standard InChI is InChI=1S/C28H48O10/c1-6-7-8-9-10-11-12-13-14-15-16-17-18-33-28-27(37-23(5)32)26(36-22(4)31)25(35-21(3)30)24(38-28)19-34-20(2)29/h24-28H,6-19H2,1-5H3/t24-,25-,26+,27-,28-/m1/s1. The molecule has 1 aliphatic heterocycles. The maximum atomic E-state index is 11.9. The van der Waals surface area contributed by atoms with Crippen LogP contribution in [0.1, 0.15) is 112 Å². The van der Waals surface area contributed by atoms with Gasteiger partial charge in [-0.05, 0) is 6.42 Å². The monoisotopic (exact) mass is 544 g/mol. The molecule has 10 heteroatoms. The fourth-order valence-corrected chi connectivity index (χ4v) is 4.47. The highest BCUT2D eigenvalue weighted by Crippen LogP contribution is 2.30. The van der Waals surface area contributed by atoms with Gasteiger partial charge in [0.1, 0.15) is 12.7 Å². The van der Waals surface area contributed by atoms with Crippen LogP contribution in [-0.2, 0) is 47.6 Å². The van der Waals surface area contributed by atoms with Crippen LogP contribution in [0.4, 0.5) is 0 Å². The summed E-state index contributed by atoms with van der Waals surface area (Å²) in [7, 11) is 0. The molecule has 1 saturated heterocycles. The number of ether oxygens (including phenoxy) is 6. The summed E-state index contributed by atoms with van der Waals surface area (Å²) in [5.41, 5.74) is 0. The maximum Gasteiger partial charge on any atom is 0.303 e. The van der Waals surface area contributed by atoms with Crippen LogP contribution in [0, 0.1) is 0 Å². The molecule has 0 amide bonds. The molecule has 220 valence electrons. The second-order valence-electron chi connectivity index (χ2n) is 9.83. The van der Waals surface area contributed by atoms with Crippen LogP contribution >= 0.6 is 0 Å². The first-order valence-electron chi connectivity index (χ1n) is 14.1. The number of hydrogen-bond acceptors (Lipinski definition) is 10. The van der Waals surface area contributed by atoms with Gasteiger partial charge in [-0.15, -0.1) is 0 Å². The van der Waals surface area contributed by atoms with Gasteiger partial charge in [0.15, 0.2) is 24.6 Å². The predicted octanol–water partition coefficient (Wildman–Crippen LogP) is 4.79. The van der Waals surface area contributed by atoms with E-state index < -0.39 is 54.6 Å². The topological polar surface area (TPSA) is 124 Å². The lowest BCUT2D eigenvalue weighted by atomic mass is 9.98. The Morgan fingerprint density at radius 1 is 0.579 bits per heavy atom. The molecule has 0 unspecified atom stereocenters. The van der Waals surface area contributed by atoms with E-state index in [1.807, 2.05) is 0 Å². The number of hydrogen-bond donors (Lipinski definition) is 0. The summed E-state index contributed by atoms with van der Waals surface area (Å²) in [5.74, 6) is -2.54. The van der Waals surface area contributed by atoms with Gasteiger partial charge in [-0.25, -0.2) is 0 Å². The van der Waals surface area contributed by atoms with E-state index in [2.05, 4.69) is 6.92 Å². The molecule has 10 nitrogen and oxygen atoms in total. The third kappa shape index (κ3) is 14.7. The highest BCUT2D eigenvalue weighted by Gasteiger charge is 2.52. The Kier molecular flexibility index (Phi) is 17.6. The van der Waals surface area contributed by atoms with E-state index in [9.17, 15) is 19.2 Å². The summed E-state index contributed by atoms with van der Waals surface area (Å²) in [4.78, 5) is 46.9. The molecule has 0 bridgehead atoms. The molecule has 1 fully saturated rings. The summed E-state index contributed by atoms with van der Waals surface area (Å²) in [6, 6.07) is 0. The van der Waals surface area contributed by atoms with Gasteiger partial charge in [0.25, 0.3) is 0 Å². The van der Waals surface area contributed by atoms with Crippen molar-refractivity contribution >= 4 is 23.9 Å². The molecular formula is C28H48O10. The Bertz CT molecular complexity index is 710. The first kappa shape index (κ1) is 33.8. The van der Waals surface area contributed by atoms with Crippen LogP contribution in [0.5, 0.6) is 0 Å². The van der Waals surface area contributed by atoms with E-state index in [1.54, 1.807) is 0 Å². The molecule has 5 atom stereocenters. The molecule has 0 aromatic rings. The fraction of sp³-hybridized carbons (Fsp3) is 0.857. The van der Waals surface area contributed by atoms with Gasteiger partial charge in [0.2, 0.25) is 0 Å². The SMILES string of the molecule is CCCCCCCCCCCCCCO[C@@H]1O[C@H](COC(C)=O)[C@@H](OC(C)=O)[C@H](OC(C)=O)[C@H]1OC(C)=O. The molecule has 1 rings (SSSR count). The van der Waals surface area contributed by atoms with Gasteiger partial charge in [-0.3, -0.25) is 19.2 Å². The van der Waals surface area contributed by atoms with Crippen LogP contribution < -0.4 is 0 Å². The van der Waals surface area contributed by atoms with Crippen LogP contribution in [0.3, 0.4) is 0 Å². The van der Waals surface area contributed by atoms with Crippen LogP contribution in [0.15, 0.2) is 0 Å². The minimum atomic E-state index is -1.21. The predicted molar refractivity (Wildman–Crippen MR) is 139 cm³/mol. The molecule has 38 heavy (non-hydrogen) atoms. The van der Waals surface area contributed by atoms with Crippen molar-refractivity contribution < 1.29 is 47.6 Å². The van der Waals surface area contributed by atoms with Crippen LogP contribution in [-0.4, -0.2) is 67.8 Å². The Balaban J connectivity index is 2.65. The first-order valence-corrected chi connectivity index (χ1v) is 14.1. The van der Waals surface area contributed by atoms with Gasteiger partial charge in [0.05, 0.1) is 0 Å². The second kappa shape index (κ2) is 19.8. The van der Waals surface area contributed by atoms with Gasteiger partial charge in [0, 0.05) is 34.3 Å². The fourth-order valence-electron chi connectivity index (χ4n) is 4.47. The summed E-state index contributed by atoms with van der Waals surface area (Å²) < 4.78 is 33.1. The number of esters is 4. The normalized spacial score (nSPS) is 22.9. The van der Waals surface area contributed by atoms with Crippen molar-refractivity contribution in [1.29, 1.82) is 0 Å². The highest BCUT2D eigenvalue weighted by atomic mass is 16.7. The molecule has 0 radical (unpaired) electrons. The lowest BCUT2D eigenvalue weighted by Gasteiger charge is -2.44. The Labute approximate surface area is 227 Å². The van der Waals surface area contributed by atoms with E-state index >= 15 is 0 Å². The van der Waals surface area contributed by atoms with Crippen molar-refractivity contribution in [2.75, 3.05) is 13.2 Å². The summed E-state index contributed by atoms with van der Waals surface area (Å²) >= 11 is 0. The molecule has 0 aromatic heterocycles. The average molecular weight is 545 g/mol. The number of unbranched alkanes of at least 4 members (excludes halogenated alkanes) is 11. The van der Waals surface area contributed by atoms with Crippen LogP contribution in [0.25, 0.3) is 0 Å². The van der Waals surface area contributed by atoms with Crippen molar-refractivity contribution in [2.45, 2.75) is 142 Å². The molecule has 0 aromatic carbocycles. The molecular weight excluding hydrogens is 496 g/mol. The summed E-state index contributed by atoms with van der Waals surface area (Å²) in [5, 5.41) is 0. The van der Waals surface area contributed by atoms with E-state index in [1.165, 1.54) is 85.5 Å². The molecule has 1 aliphatic rings. The van der Waals surface area contributed by atoms with Gasteiger partial charge in [-0.2, -0.15) is 0 Å². The average Bonchev–Trinajstić information content (AvgIpc) is 2.83. The number of carbonyl (C=O) groups excluding carboxylic acids is 4. The number of rotatable bonds is 19. The number of carbonyl (C=O) groups is 4. The second-order valence-corrected chi connectivity index (χ2v) is 9.83. The van der Waals surface area contributed by atoms with Crippen LogP contribution in [0.2, 0.25) is 0 Å². The minimum absolute atomic E-state index is 0.268. The third-order valence-electron chi connectivity index (χ3n) is 6.23. The lowest BCUT2D eigenvalue weighted by Crippen LogP contribution is -2.63. The van der Waals surface area contributed by atoms with Crippen molar-refractivity contribution in [2.24, 2.45) is 0 Å². The zero-order valence-electron chi connectivity index (χ0n) is 23.9. The van der Waals surface area contributed by atoms with E-state index in [0.29, 0.717) is 6.61 Å². The maximum absolute atomic E-state index is 11.9. The zero-order chi connectivity index (χ0) is 28.3. The Morgan fingerprint density at radius 2 is 1.03 bits per heavy atom. The van der Waals surface area contributed by atoms with Crippen molar-refractivity contribution in [3.63, 3.8) is 0 Å².